The lowest BCUT2D eigenvalue weighted by Crippen LogP contribution is -1.93. The maximum atomic E-state index is 3.82. The van der Waals surface area contributed by atoms with Crippen LogP contribution in [0.4, 0.5) is 0 Å². The standard InChI is InChI=1S/C15H25B/c1-6-13(7-2)9-10-15(16)11-14(8-3)12(4)5/h6-8,11-12H,1,9-10,16H2,2-5H3/b13-7+,14-8+,15-11-. The molecule has 0 aromatic rings. The third-order valence-electron chi connectivity index (χ3n) is 2.85. The molecule has 0 unspecified atom stereocenters. The minimum Gasteiger partial charge on any atom is -0.109 e. The lowest BCUT2D eigenvalue weighted by Gasteiger charge is -2.08. The summed E-state index contributed by atoms with van der Waals surface area (Å²) in [6.07, 6.45) is 10.8. The van der Waals surface area contributed by atoms with Gasteiger partial charge in [0, 0.05) is 0 Å². The van der Waals surface area contributed by atoms with Gasteiger partial charge in [0.15, 0.2) is 0 Å². The van der Waals surface area contributed by atoms with Crippen LogP contribution in [-0.2, 0) is 0 Å². The molecule has 0 nitrogen and oxygen atoms in total. The molecular formula is C15H25B. The summed E-state index contributed by atoms with van der Waals surface area (Å²) in [4.78, 5) is 0. The van der Waals surface area contributed by atoms with Crippen molar-refractivity contribution in [1.82, 2.24) is 0 Å². The van der Waals surface area contributed by atoms with Crippen molar-refractivity contribution in [3.05, 3.63) is 47.5 Å². The zero-order valence-electron chi connectivity index (χ0n) is 11.5. The molecular weight excluding hydrogens is 191 g/mol. The molecule has 0 fully saturated rings. The first-order chi connectivity index (χ1) is 7.54. The highest BCUT2D eigenvalue weighted by molar-refractivity contribution is 6.21. The Morgan fingerprint density at radius 3 is 2.19 bits per heavy atom. The normalized spacial score (nSPS) is 14.4. The lowest BCUT2D eigenvalue weighted by atomic mass is 9.86. The second-order valence-corrected chi connectivity index (χ2v) is 4.50. The highest BCUT2D eigenvalue weighted by atomic mass is 14.0. The van der Waals surface area contributed by atoms with E-state index in [4.69, 9.17) is 0 Å². The number of rotatable bonds is 6. The van der Waals surface area contributed by atoms with Gasteiger partial charge in [0.1, 0.15) is 7.85 Å². The van der Waals surface area contributed by atoms with Crippen molar-refractivity contribution in [2.24, 2.45) is 5.92 Å². The van der Waals surface area contributed by atoms with Crippen molar-refractivity contribution in [3.63, 3.8) is 0 Å². The Morgan fingerprint density at radius 1 is 1.19 bits per heavy atom. The second-order valence-electron chi connectivity index (χ2n) is 4.50. The summed E-state index contributed by atoms with van der Waals surface area (Å²) in [5.74, 6) is 0.612. The van der Waals surface area contributed by atoms with Crippen molar-refractivity contribution in [2.45, 2.75) is 40.5 Å². The van der Waals surface area contributed by atoms with Crippen LogP contribution in [0.2, 0.25) is 0 Å². The van der Waals surface area contributed by atoms with Crippen molar-refractivity contribution in [1.29, 1.82) is 0 Å². The molecule has 0 aromatic carbocycles. The van der Waals surface area contributed by atoms with Crippen LogP contribution in [0.15, 0.2) is 47.5 Å². The van der Waals surface area contributed by atoms with Crippen molar-refractivity contribution in [2.75, 3.05) is 0 Å². The second kappa shape index (κ2) is 8.21. The Kier molecular flexibility index (Phi) is 7.71. The Bertz CT molecular complexity index is 303. The Morgan fingerprint density at radius 2 is 1.81 bits per heavy atom. The molecule has 0 saturated heterocycles. The topological polar surface area (TPSA) is 0 Å². The monoisotopic (exact) mass is 216 g/mol. The summed E-state index contributed by atoms with van der Waals surface area (Å²) < 4.78 is 0. The predicted molar refractivity (Wildman–Crippen MR) is 78.4 cm³/mol. The predicted octanol–water partition coefficient (Wildman–Crippen LogP) is 4.02. The average Bonchev–Trinajstić information content (AvgIpc) is 2.26. The summed E-state index contributed by atoms with van der Waals surface area (Å²) >= 11 is 0. The van der Waals surface area contributed by atoms with E-state index in [-0.39, 0.29) is 0 Å². The molecule has 0 spiro atoms. The van der Waals surface area contributed by atoms with E-state index in [0.717, 1.165) is 12.8 Å². The van der Waals surface area contributed by atoms with Gasteiger partial charge in [-0.25, -0.2) is 0 Å². The zero-order chi connectivity index (χ0) is 12.6. The Balaban J connectivity index is 4.41. The average molecular weight is 216 g/mol. The van der Waals surface area contributed by atoms with E-state index in [9.17, 15) is 0 Å². The summed E-state index contributed by atoms with van der Waals surface area (Å²) in [5, 5.41) is 0. The molecule has 0 amide bonds. The first-order valence-corrected chi connectivity index (χ1v) is 6.16. The molecule has 88 valence electrons. The Hall–Kier alpha value is -0.975. The molecule has 0 bridgehead atoms. The van der Waals surface area contributed by atoms with Crippen LogP contribution >= 0.6 is 0 Å². The van der Waals surface area contributed by atoms with Crippen molar-refractivity contribution in [3.8, 4) is 0 Å². The first-order valence-electron chi connectivity index (χ1n) is 6.16. The maximum absolute atomic E-state index is 3.82. The quantitative estimate of drug-likeness (QED) is 0.464. The van der Waals surface area contributed by atoms with Crippen LogP contribution < -0.4 is 0 Å². The molecule has 0 aliphatic carbocycles. The van der Waals surface area contributed by atoms with Crippen LogP contribution in [0, 0.1) is 5.92 Å². The van der Waals surface area contributed by atoms with Gasteiger partial charge in [0.25, 0.3) is 0 Å². The maximum Gasteiger partial charge on any atom is 0.133 e. The lowest BCUT2D eigenvalue weighted by molar-refractivity contribution is 0.787. The molecule has 0 rings (SSSR count). The van der Waals surface area contributed by atoms with Gasteiger partial charge in [0.05, 0.1) is 0 Å². The van der Waals surface area contributed by atoms with Gasteiger partial charge in [0.2, 0.25) is 0 Å². The van der Waals surface area contributed by atoms with E-state index in [2.05, 4.69) is 60.3 Å². The Labute approximate surface area is 102 Å². The van der Waals surface area contributed by atoms with Gasteiger partial charge in [-0.3, -0.25) is 0 Å². The van der Waals surface area contributed by atoms with Gasteiger partial charge in [-0.1, -0.05) is 55.9 Å². The van der Waals surface area contributed by atoms with Crippen LogP contribution in [0.3, 0.4) is 0 Å². The van der Waals surface area contributed by atoms with Crippen LogP contribution in [0.1, 0.15) is 40.5 Å². The smallest absolute Gasteiger partial charge is 0.109 e. The molecule has 1 heteroatoms. The molecule has 0 aliphatic rings. The van der Waals surface area contributed by atoms with E-state index < -0.39 is 0 Å². The summed E-state index contributed by atoms with van der Waals surface area (Å²) in [7, 11) is 2.21. The highest BCUT2D eigenvalue weighted by Crippen LogP contribution is 2.16. The molecule has 0 radical (unpaired) electrons. The SMILES string of the molecule is B/C(=C\C(=C/C)C(C)C)CC/C(C=C)=C/C. The minimum atomic E-state index is 0.612. The number of hydrogen-bond donors (Lipinski definition) is 0. The zero-order valence-corrected chi connectivity index (χ0v) is 11.5. The first kappa shape index (κ1) is 15.0. The molecule has 0 saturated carbocycles. The van der Waals surface area contributed by atoms with E-state index in [1.807, 2.05) is 6.08 Å². The van der Waals surface area contributed by atoms with Gasteiger partial charge < -0.3 is 0 Å². The van der Waals surface area contributed by atoms with Gasteiger partial charge in [-0.2, -0.15) is 0 Å². The highest BCUT2D eigenvalue weighted by Gasteiger charge is 2.00. The van der Waals surface area contributed by atoms with Crippen LogP contribution in [-0.4, -0.2) is 7.85 Å². The van der Waals surface area contributed by atoms with E-state index in [1.54, 1.807) is 0 Å². The molecule has 0 atom stereocenters. The summed E-state index contributed by atoms with van der Waals surface area (Å²) in [6.45, 7) is 12.5. The van der Waals surface area contributed by atoms with Crippen LogP contribution in [0.25, 0.3) is 0 Å². The fourth-order valence-electron chi connectivity index (χ4n) is 1.65. The number of hydrogen-bond acceptors (Lipinski definition) is 0. The van der Waals surface area contributed by atoms with Crippen molar-refractivity contribution >= 4 is 7.85 Å². The molecule has 0 N–H and O–H groups in total. The van der Waals surface area contributed by atoms with Crippen LogP contribution in [0.5, 0.6) is 0 Å². The van der Waals surface area contributed by atoms with E-state index in [0.29, 0.717) is 5.92 Å². The van der Waals surface area contributed by atoms with Gasteiger partial charge >= 0.3 is 0 Å². The largest absolute Gasteiger partial charge is 0.133 e. The minimum absolute atomic E-state index is 0.612. The summed E-state index contributed by atoms with van der Waals surface area (Å²) in [6, 6.07) is 0. The fraction of sp³-hybridized carbons (Fsp3) is 0.467. The third-order valence-corrected chi connectivity index (χ3v) is 2.85. The number of allylic oxidation sites excluding steroid dienone is 7. The van der Waals surface area contributed by atoms with Gasteiger partial charge in [-0.05, 0) is 32.6 Å². The third kappa shape index (κ3) is 5.80. The van der Waals surface area contributed by atoms with Crippen molar-refractivity contribution < 1.29 is 0 Å². The molecule has 0 aliphatic heterocycles. The molecule has 0 heterocycles. The fourth-order valence-corrected chi connectivity index (χ4v) is 1.65. The van der Waals surface area contributed by atoms with E-state index in [1.165, 1.54) is 16.6 Å². The molecule has 0 aromatic heterocycles. The summed E-state index contributed by atoms with van der Waals surface area (Å²) in [5.41, 5.74) is 4.21. The van der Waals surface area contributed by atoms with Gasteiger partial charge in [-0.15, -0.1) is 5.47 Å². The van der Waals surface area contributed by atoms with E-state index >= 15 is 0 Å². The molecule has 16 heavy (non-hydrogen) atoms.